The van der Waals surface area contributed by atoms with E-state index in [9.17, 15) is 9.18 Å². The molecule has 2 aliphatic heterocycles. The minimum Gasteiger partial charge on any atom is -0.306 e. The lowest BCUT2D eigenvalue weighted by Gasteiger charge is -2.39. The Balaban J connectivity index is 1.68. The monoisotopic (exact) mass is 434 g/mol. The lowest BCUT2D eigenvalue weighted by Crippen LogP contribution is -2.46. The summed E-state index contributed by atoms with van der Waals surface area (Å²) in [4.78, 5) is 18.0. The van der Waals surface area contributed by atoms with Gasteiger partial charge in [-0.2, -0.15) is 0 Å². The van der Waals surface area contributed by atoms with Crippen LogP contribution in [0.25, 0.3) is 0 Å². The number of hydrogen-bond donors (Lipinski definition) is 0. The van der Waals surface area contributed by atoms with Gasteiger partial charge in [0, 0.05) is 24.2 Å². The summed E-state index contributed by atoms with van der Waals surface area (Å²) < 4.78 is 15.0. The van der Waals surface area contributed by atoms with Gasteiger partial charge in [-0.25, -0.2) is 4.39 Å². The van der Waals surface area contributed by atoms with Crippen molar-refractivity contribution in [2.75, 3.05) is 31.1 Å². The molecule has 4 rings (SSSR count). The zero-order valence-electron chi connectivity index (χ0n) is 14.4. The first kappa shape index (κ1) is 17.9. The predicted octanol–water partition coefficient (Wildman–Crippen LogP) is 4.83. The Bertz CT molecular complexity index is 857. The van der Waals surface area contributed by atoms with Crippen LogP contribution < -0.4 is 4.90 Å². The maximum atomic E-state index is 14.0. The zero-order chi connectivity index (χ0) is 18.3. The van der Waals surface area contributed by atoms with Gasteiger partial charge in [0.2, 0.25) is 0 Å². The summed E-state index contributed by atoms with van der Waals surface area (Å²) in [6.07, 6.45) is 3.77. The van der Waals surface area contributed by atoms with E-state index in [2.05, 4.69) is 27.4 Å². The molecule has 0 unspecified atom stereocenters. The van der Waals surface area contributed by atoms with E-state index in [1.165, 1.54) is 17.4 Å². The lowest BCUT2D eigenvalue weighted by molar-refractivity contribution is 0.0981. The highest BCUT2D eigenvalue weighted by Gasteiger charge is 2.46. The normalized spacial score (nSPS) is 18.9. The van der Waals surface area contributed by atoms with E-state index in [1.807, 2.05) is 23.1 Å². The topological polar surface area (TPSA) is 23.6 Å². The molecule has 2 aromatic rings. The molecule has 1 fully saturated rings. The average Bonchev–Trinajstić information content (AvgIpc) is 3.19. The quantitative estimate of drug-likeness (QED) is 0.645. The van der Waals surface area contributed by atoms with E-state index in [1.54, 1.807) is 12.1 Å². The first-order chi connectivity index (χ1) is 12.5. The van der Waals surface area contributed by atoms with Crippen LogP contribution in [0.3, 0.4) is 0 Å². The number of halogens is 2. The number of carbonyl (C=O) groups excluding carboxylic acids is 1. The number of thiophene rings is 1. The van der Waals surface area contributed by atoms with E-state index in [0.29, 0.717) is 11.4 Å². The van der Waals surface area contributed by atoms with Crippen molar-refractivity contribution in [2.45, 2.75) is 18.3 Å². The molecule has 0 radical (unpaired) electrons. The van der Waals surface area contributed by atoms with Gasteiger partial charge in [0.15, 0.2) is 0 Å². The SMILES string of the molecule is C=CCN1CCC2(CC1)CN(C(=O)c1ccc(Br)s1)c1ccc(F)cc12. The number of rotatable bonds is 3. The molecule has 3 heterocycles. The summed E-state index contributed by atoms with van der Waals surface area (Å²) in [7, 11) is 0. The lowest BCUT2D eigenvalue weighted by atomic mass is 9.74. The molecule has 0 bridgehead atoms. The molecule has 6 heteroatoms. The Morgan fingerprint density at radius 3 is 2.73 bits per heavy atom. The molecule has 2 aliphatic rings. The summed E-state index contributed by atoms with van der Waals surface area (Å²) in [5.74, 6) is -0.233. The molecule has 1 saturated heterocycles. The highest BCUT2D eigenvalue weighted by Crippen LogP contribution is 2.48. The minimum atomic E-state index is -0.232. The number of likely N-dealkylation sites (tertiary alicyclic amines) is 1. The third-order valence-electron chi connectivity index (χ3n) is 5.51. The molecular weight excluding hydrogens is 415 g/mol. The van der Waals surface area contributed by atoms with E-state index in [0.717, 1.165) is 47.5 Å². The Labute approximate surface area is 165 Å². The second kappa shape index (κ2) is 6.91. The molecule has 0 atom stereocenters. The Hall–Kier alpha value is -1.50. The molecule has 136 valence electrons. The molecule has 1 spiro atoms. The molecule has 26 heavy (non-hydrogen) atoms. The average molecular weight is 435 g/mol. The highest BCUT2D eigenvalue weighted by molar-refractivity contribution is 9.11. The van der Waals surface area contributed by atoms with Crippen LogP contribution in [0, 0.1) is 5.82 Å². The second-order valence-corrected chi connectivity index (χ2v) is 9.49. The van der Waals surface area contributed by atoms with Gasteiger partial charge < -0.3 is 4.90 Å². The number of carbonyl (C=O) groups is 1. The molecule has 1 aromatic carbocycles. The van der Waals surface area contributed by atoms with Crippen LogP contribution in [0.15, 0.2) is 46.8 Å². The number of hydrogen-bond acceptors (Lipinski definition) is 3. The van der Waals surface area contributed by atoms with Crippen molar-refractivity contribution < 1.29 is 9.18 Å². The Morgan fingerprint density at radius 1 is 1.31 bits per heavy atom. The van der Waals surface area contributed by atoms with Gasteiger partial charge in [0.1, 0.15) is 5.82 Å². The first-order valence-corrected chi connectivity index (χ1v) is 10.3. The van der Waals surface area contributed by atoms with Crippen LogP contribution in [0.1, 0.15) is 28.1 Å². The fourth-order valence-corrected chi connectivity index (χ4v) is 5.49. The highest BCUT2D eigenvalue weighted by atomic mass is 79.9. The second-order valence-electron chi connectivity index (χ2n) is 7.03. The number of anilines is 1. The van der Waals surface area contributed by atoms with Crippen LogP contribution in [-0.4, -0.2) is 37.0 Å². The van der Waals surface area contributed by atoms with Crippen LogP contribution in [0.5, 0.6) is 0 Å². The number of amides is 1. The number of benzene rings is 1. The van der Waals surface area contributed by atoms with E-state index < -0.39 is 0 Å². The maximum Gasteiger partial charge on any atom is 0.268 e. The van der Waals surface area contributed by atoms with Crippen molar-refractivity contribution in [3.63, 3.8) is 0 Å². The van der Waals surface area contributed by atoms with Gasteiger partial charge in [0.05, 0.1) is 8.66 Å². The van der Waals surface area contributed by atoms with Gasteiger partial charge in [-0.3, -0.25) is 9.69 Å². The predicted molar refractivity (Wildman–Crippen MR) is 108 cm³/mol. The minimum absolute atomic E-state index is 0.000968. The fourth-order valence-electron chi connectivity index (χ4n) is 4.16. The van der Waals surface area contributed by atoms with Crippen LogP contribution in [0.4, 0.5) is 10.1 Å². The van der Waals surface area contributed by atoms with E-state index in [4.69, 9.17) is 0 Å². The van der Waals surface area contributed by atoms with Gasteiger partial charge in [-0.1, -0.05) is 6.08 Å². The summed E-state index contributed by atoms with van der Waals surface area (Å²) in [5.41, 5.74) is 1.69. The summed E-state index contributed by atoms with van der Waals surface area (Å²) in [6.45, 7) is 7.19. The summed E-state index contributed by atoms with van der Waals surface area (Å²) in [6, 6.07) is 8.59. The van der Waals surface area contributed by atoms with Crippen molar-refractivity contribution in [2.24, 2.45) is 0 Å². The number of piperidine rings is 1. The van der Waals surface area contributed by atoms with E-state index in [-0.39, 0.29) is 17.1 Å². The van der Waals surface area contributed by atoms with Crippen molar-refractivity contribution in [3.05, 3.63) is 63.0 Å². The molecule has 0 aliphatic carbocycles. The van der Waals surface area contributed by atoms with Gasteiger partial charge in [-0.05, 0) is 77.8 Å². The standard InChI is InChI=1S/C20H20BrFN2OS/c1-2-9-23-10-7-20(8-11-23)13-24(16-4-3-14(22)12-15(16)20)19(25)17-5-6-18(21)26-17/h2-6,12H,1,7-11,13H2. The van der Waals surface area contributed by atoms with Gasteiger partial charge in [-0.15, -0.1) is 17.9 Å². The first-order valence-electron chi connectivity index (χ1n) is 8.73. The molecule has 0 saturated carbocycles. The Morgan fingerprint density at radius 2 is 2.08 bits per heavy atom. The Kier molecular flexibility index (Phi) is 4.75. The molecule has 3 nitrogen and oxygen atoms in total. The van der Waals surface area contributed by atoms with Crippen LogP contribution in [0.2, 0.25) is 0 Å². The van der Waals surface area contributed by atoms with Crippen molar-refractivity contribution >= 4 is 38.9 Å². The summed E-state index contributed by atoms with van der Waals surface area (Å²) >= 11 is 4.86. The number of nitrogens with zero attached hydrogens (tertiary/aromatic N) is 2. The molecule has 0 N–H and O–H groups in total. The van der Waals surface area contributed by atoms with Crippen molar-refractivity contribution in [1.82, 2.24) is 4.90 Å². The third-order valence-corrected chi connectivity index (χ3v) is 7.12. The van der Waals surface area contributed by atoms with Crippen LogP contribution in [-0.2, 0) is 5.41 Å². The van der Waals surface area contributed by atoms with Gasteiger partial charge >= 0.3 is 0 Å². The van der Waals surface area contributed by atoms with Crippen molar-refractivity contribution in [3.8, 4) is 0 Å². The molecule has 1 aromatic heterocycles. The number of fused-ring (bicyclic) bond motifs is 2. The molecule has 1 amide bonds. The molecular formula is C20H20BrFN2OS. The van der Waals surface area contributed by atoms with Crippen LogP contribution >= 0.6 is 27.3 Å². The fraction of sp³-hybridized carbons (Fsp3) is 0.350. The van der Waals surface area contributed by atoms with E-state index >= 15 is 0 Å². The third kappa shape index (κ3) is 3.04. The summed E-state index contributed by atoms with van der Waals surface area (Å²) in [5, 5.41) is 0. The zero-order valence-corrected chi connectivity index (χ0v) is 16.8. The smallest absolute Gasteiger partial charge is 0.268 e. The maximum absolute atomic E-state index is 14.0. The van der Waals surface area contributed by atoms with Crippen molar-refractivity contribution in [1.29, 1.82) is 0 Å². The largest absolute Gasteiger partial charge is 0.306 e. The van der Waals surface area contributed by atoms with Gasteiger partial charge in [0.25, 0.3) is 5.91 Å².